The fourth-order valence-corrected chi connectivity index (χ4v) is 2.43. The highest BCUT2D eigenvalue weighted by Crippen LogP contribution is 2.35. The van der Waals surface area contributed by atoms with Gasteiger partial charge in [-0.2, -0.15) is 0 Å². The Morgan fingerprint density at radius 2 is 2.11 bits per heavy atom. The summed E-state index contributed by atoms with van der Waals surface area (Å²) in [7, 11) is 1.68. The van der Waals surface area contributed by atoms with Gasteiger partial charge in [0.05, 0.1) is 11.0 Å². The molecule has 2 rings (SSSR count). The summed E-state index contributed by atoms with van der Waals surface area (Å²) in [4.78, 5) is 10.5. The van der Waals surface area contributed by atoms with Crippen molar-refractivity contribution < 1.29 is 14.4 Å². The van der Waals surface area contributed by atoms with Crippen molar-refractivity contribution in [3.63, 3.8) is 0 Å². The highest BCUT2D eigenvalue weighted by atomic mass is 16.6. The van der Waals surface area contributed by atoms with Crippen LogP contribution in [-0.2, 0) is 4.74 Å². The average Bonchev–Trinajstić information content (AvgIpc) is 2.38. The second-order valence-electron chi connectivity index (χ2n) is 4.72. The number of rotatable bonds is 4. The van der Waals surface area contributed by atoms with E-state index in [1.54, 1.807) is 19.2 Å². The normalized spacial score (nSPS) is 23.0. The Bertz CT molecular complexity index is 464. The molecule has 6 heteroatoms. The summed E-state index contributed by atoms with van der Waals surface area (Å²) in [6.45, 7) is 0. The number of nitrogens with two attached hydrogens (primary N) is 1. The monoisotopic (exact) mass is 266 g/mol. The fourth-order valence-electron chi connectivity index (χ4n) is 2.43. The van der Waals surface area contributed by atoms with E-state index < -0.39 is 4.92 Å². The van der Waals surface area contributed by atoms with Crippen molar-refractivity contribution in [2.45, 2.75) is 37.9 Å². The molecule has 0 heterocycles. The van der Waals surface area contributed by atoms with E-state index in [-0.39, 0.29) is 29.3 Å². The molecule has 1 saturated carbocycles. The molecule has 104 valence electrons. The van der Waals surface area contributed by atoms with Crippen LogP contribution in [0, 0.1) is 10.1 Å². The third-order valence-electron chi connectivity index (χ3n) is 3.42. The van der Waals surface area contributed by atoms with Crippen molar-refractivity contribution in [3.8, 4) is 5.75 Å². The summed E-state index contributed by atoms with van der Waals surface area (Å²) >= 11 is 0. The number of benzene rings is 1. The highest BCUT2D eigenvalue weighted by molar-refractivity contribution is 5.65. The molecule has 0 spiro atoms. The van der Waals surface area contributed by atoms with Crippen LogP contribution in [0.2, 0.25) is 0 Å². The Morgan fingerprint density at radius 3 is 2.79 bits per heavy atom. The highest BCUT2D eigenvalue weighted by Gasteiger charge is 2.26. The van der Waals surface area contributed by atoms with Gasteiger partial charge in [-0.25, -0.2) is 0 Å². The Hall–Kier alpha value is -1.82. The number of nitro benzene ring substituents is 1. The smallest absolute Gasteiger partial charge is 0.333 e. The molecule has 2 unspecified atom stereocenters. The fraction of sp³-hybridized carbons (Fsp3) is 0.538. The SMILES string of the molecule is COC1CCCC(Oc2cccc(N)c2[N+](=O)[O-])C1. The van der Waals surface area contributed by atoms with Crippen LogP contribution in [0.5, 0.6) is 5.75 Å². The van der Waals surface area contributed by atoms with Crippen LogP contribution in [0.1, 0.15) is 25.7 Å². The summed E-state index contributed by atoms with van der Waals surface area (Å²) in [6, 6.07) is 4.75. The Balaban J connectivity index is 2.14. The molecule has 0 aliphatic heterocycles. The molecule has 2 N–H and O–H groups in total. The van der Waals surface area contributed by atoms with Gasteiger partial charge in [-0.1, -0.05) is 6.07 Å². The van der Waals surface area contributed by atoms with Crippen molar-refractivity contribution in [2.24, 2.45) is 0 Å². The second kappa shape index (κ2) is 5.88. The van der Waals surface area contributed by atoms with E-state index >= 15 is 0 Å². The van der Waals surface area contributed by atoms with Gasteiger partial charge in [0.25, 0.3) is 0 Å². The van der Waals surface area contributed by atoms with E-state index in [1.807, 2.05) is 0 Å². The Kier molecular flexibility index (Phi) is 4.21. The quantitative estimate of drug-likeness (QED) is 0.514. The lowest BCUT2D eigenvalue weighted by atomic mass is 9.95. The third-order valence-corrected chi connectivity index (χ3v) is 3.42. The molecule has 6 nitrogen and oxygen atoms in total. The van der Waals surface area contributed by atoms with Gasteiger partial charge in [0.1, 0.15) is 11.8 Å². The number of hydrogen-bond acceptors (Lipinski definition) is 5. The van der Waals surface area contributed by atoms with E-state index in [2.05, 4.69) is 0 Å². The van der Waals surface area contributed by atoms with Gasteiger partial charge in [0.2, 0.25) is 0 Å². The lowest BCUT2D eigenvalue weighted by molar-refractivity contribution is -0.385. The van der Waals surface area contributed by atoms with Gasteiger partial charge in [-0.15, -0.1) is 0 Å². The summed E-state index contributed by atoms with van der Waals surface area (Å²) in [6.07, 6.45) is 3.75. The van der Waals surface area contributed by atoms with Crippen molar-refractivity contribution >= 4 is 11.4 Å². The number of para-hydroxylation sites is 1. The van der Waals surface area contributed by atoms with Gasteiger partial charge < -0.3 is 15.2 Å². The number of nitrogen functional groups attached to an aromatic ring is 1. The molecule has 1 fully saturated rings. The molecule has 1 aromatic rings. The molecule has 0 amide bonds. The minimum Gasteiger partial charge on any atom is -0.483 e. The second-order valence-corrected chi connectivity index (χ2v) is 4.72. The molecule has 1 aliphatic carbocycles. The van der Waals surface area contributed by atoms with Crippen molar-refractivity contribution in [1.29, 1.82) is 0 Å². The van der Waals surface area contributed by atoms with Crippen LogP contribution in [0.4, 0.5) is 11.4 Å². The summed E-state index contributed by atoms with van der Waals surface area (Å²) in [5.74, 6) is 0.242. The molecule has 1 aromatic carbocycles. The van der Waals surface area contributed by atoms with E-state index in [9.17, 15) is 10.1 Å². The minimum absolute atomic E-state index is 0.0563. The van der Waals surface area contributed by atoms with Gasteiger partial charge in [0, 0.05) is 13.5 Å². The van der Waals surface area contributed by atoms with Crippen molar-refractivity contribution in [3.05, 3.63) is 28.3 Å². The summed E-state index contributed by atoms with van der Waals surface area (Å²) in [5, 5.41) is 11.0. The molecule has 0 aromatic heterocycles. The van der Waals surface area contributed by atoms with E-state index in [0.29, 0.717) is 0 Å². The molecule has 0 radical (unpaired) electrons. The summed E-state index contributed by atoms with van der Waals surface area (Å²) < 4.78 is 11.1. The minimum atomic E-state index is -0.499. The number of nitrogens with zero attached hydrogens (tertiary/aromatic N) is 1. The molecular weight excluding hydrogens is 248 g/mol. The van der Waals surface area contributed by atoms with Crippen LogP contribution in [0.3, 0.4) is 0 Å². The molecule has 0 saturated heterocycles. The first-order valence-electron chi connectivity index (χ1n) is 6.34. The third kappa shape index (κ3) is 3.14. The predicted molar refractivity (Wildman–Crippen MR) is 71.2 cm³/mol. The van der Waals surface area contributed by atoms with Crippen LogP contribution in [0.25, 0.3) is 0 Å². The van der Waals surface area contributed by atoms with Gasteiger partial charge in [-0.05, 0) is 31.4 Å². The standard InChI is InChI=1S/C13H18N2O4/c1-18-9-4-2-5-10(8-9)19-12-7-3-6-11(14)13(12)15(16)17/h3,6-7,9-10H,2,4-5,8,14H2,1H3. The molecule has 2 atom stereocenters. The molecule has 1 aliphatic rings. The maximum Gasteiger partial charge on any atom is 0.333 e. The van der Waals surface area contributed by atoms with Gasteiger partial charge >= 0.3 is 5.69 Å². The van der Waals surface area contributed by atoms with Crippen molar-refractivity contribution in [1.82, 2.24) is 0 Å². The van der Waals surface area contributed by atoms with E-state index in [1.165, 1.54) is 6.07 Å². The summed E-state index contributed by atoms with van der Waals surface area (Å²) in [5.41, 5.74) is 5.61. The number of methoxy groups -OCH3 is 1. The lowest BCUT2D eigenvalue weighted by Gasteiger charge is -2.28. The van der Waals surface area contributed by atoms with Crippen LogP contribution >= 0.6 is 0 Å². The maximum absolute atomic E-state index is 11.0. The Labute approximate surface area is 111 Å². The van der Waals surface area contributed by atoms with Crippen LogP contribution in [-0.4, -0.2) is 24.2 Å². The number of hydrogen-bond donors (Lipinski definition) is 1. The van der Waals surface area contributed by atoms with E-state index in [4.69, 9.17) is 15.2 Å². The lowest BCUT2D eigenvalue weighted by Crippen LogP contribution is -2.29. The predicted octanol–water partition coefficient (Wildman–Crippen LogP) is 2.51. The molecule has 0 bridgehead atoms. The first-order chi connectivity index (χ1) is 9.11. The van der Waals surface area contributed by atoms with Crippen molar-refractivity contribution in [2.75, 3.05) is 12.8 Å². The van der Waals surface area contributed by atoms with E-state index in [0.717, 1.165) is 25.7 Å². The number of ether oxygens (including phenoxy) is 2. The van der Waals surface area contributed by atoms with Gasteiger partial charge in [0.15, 0.2) is 5.75 Å². The first kappa shape index (κ1) is 13.6. The zero-order chi connectivity index (χ0) is 13.8. The van der Waals surface area contributed by atoms with Gasteiger partial charge in [-0.3, -0.25) is 10.1 Å². The largest absolute Gasteiger partial charge is 0.483 e. The Morgan fingerprint density at radius 1 is 1.37 bits per heavy atom. The zero-order valence-corrected chi connectivity index (χ0v) is 10.9. The maximum atomic E-state index is 11.0. The average molecular weight is 266 g/mol. The number of nitro groups is 1. The van der Waals surface area contributed by atoms with Crippen LogP contribution < -0.4 is 10.5 Å². The first-order valence-corrected chi connectivity index (χ1v) is 6.34. The topological polar surface area (TPSA) is 87.6 Å². The van der Waals surface area contributed by atoms with Crippen LogP contribution in [0.15, 0.2) is 18.2 Å². The zero-order valence-electron chi connectivity index (χ0n) is 10.9. The molecule has 19 heavy (non-hydrogen) atoms. The molecular formula is C13H18N2O4. The number of anilines is 1.